The second-order valence-corrected chi connectivity index (χ2v) is 10.1. The lowest BCUT2D eigenvalue weighted by Gasteiger charge is -2.37. The minimum absolute atomic E-state index is 0.0362. The van der Waals surface area contributed by atoms with Gasteiger partial charge in [-0.15, -0.1) is 0 Å². The van der Waals surface area contributed by atoms with E-state index >= 15 is 0 Å². The number of amides is 3. The van der Waals surface area contributed by atoms with Crippen LogP contribution in [0.4, 0.5) is 18.0 Å². The van der Waals surface area contributed by atoms with Crippen LogP contribution in [0.15, 0.2) is 12.3 Å². The number of urea groups is 1. The van der Waals surface area contributed by atoms with Crippen LogP contribution in [0.5, 0.6) is 0 Å². The smallest absolute Gasteiger partial charge is 0.381 e. The third-order valence-electron chi connectivity index (χ3n) is 7.96. The maximum atomic E-state index is 14.0. The van der Waals surface area contributed by atoms with Gasteiger partial charge in [-0.1, -0.05) is 0 Å². The molecule has 1 aliphatic carbocycles. The zero-order valence-electron chi connectivity index (χ0n) is 18.9. The molecule has 0 radical (unpaired) electrons. The van der Waals surface area contributed by atoms with Crippen LogP contribution in [0.3, 0.4) is 0 Å². The molecule has 8 nitrogen and oxygen atoms in total. The number of hydrogen-bond acceptors (Lipinski definition) is 5. The summed E-state index contributed by atoms with van der Waals surface area (Å²) in [6.45, 7) is 2.60. The summed E-state index contributed by atoms with van der Waals surface area (Å²) in [5.74, 6) is -0.133. The zero-order chi connectivity index (χ0) is 24.1. The topological polar surface area (TPSA) is 101 Å². The lowest BCUT2D eigenvalue weighted by molar-refractivity contribution is -0.143. The molecular formula is C23H30F3N5O3. The lowest BCUT2D eigenvalue weighted by atomic mass is 9.78. The molecule has 2 saturated heterocycles. The Morgan fingerprint density at radius 3 is 2.68 bits per heavy atom. The number of rotatable bonds is 3. The average Bonchev–Trinajstić information content (AvgIpc) is 3.33. The van der Waals surface area contributed by atoms with Crippen LogP contribution in [0.2, 0.25) is 0 Å². The van der Waals surface area contributed by atoms with E-state index in [1.165, 1.54) is 4.90 Å². The summed E-state index contributed by atoms with van der Waals surface area (Å²) < 4.78 is 45.1. The quantitative estimate of drug-likeness (QED) is 0.687. The minimum Gasteiger partial charge on any atom is -0.381 e. The van der Waals surface area contributed by atoms with E-state index in [0.717, 1.165) is 31.5 Å². The van der Waals surface area contributed by atoms with Gasteiger partial charge in [0.05, 0.1) is 11.0 Å². The minimum atomic E-state index is -4.49. The lowest BCUT2D eigenvalue weighted by Crippen LogP contribution is -2.50. The Kier molecular flexibility index (Phi) is 5.96. The number of carbonyl (C=O) groups excluding carboxylic acids is 2. The second kappa shape index (κ2) is 8.67. The molecule has 34 heavy (non-hydrogen) atoms. The van der Waals surface area contributed by atoms with Gasteiger partial charge >= 0.3 is 12.2 Å². The van der Waals surface area contributed by atoms with E-state index in [1.807, 2.05) is 0 Å². The number of hydrogen-bond donors (Lipinski definition) is 2. The van der Waals surface area contributed by atoms with E-state index in [0.29, 0.717) is 56.4 Å². The molecule has 11 heteroatoms. The van der Waals surface area contributed by atoms with Gasteiger partial charge in [-0.25, -0.2) is 4.79 Å². The van der Waals surface area contributed by atoms with E-state index < -0.39 is 23.2 Å². The van der Waals surface area contributed by atoms with Crippen molar-refractivity contribution in [2.45, 2.75) is 56.9 Å². The van der Waals surface area contributed by atoms with E-state index in [9.17, 15) is 22.8 Å². The van der Waals surface area contributed by atoms with Crippen molar-refractivity contribution in [3.63, 3.8) is 0 Å². The molecule has 3 amide bonds. The molecule has 1 saturated carbocycles. The molecule has 3 fully saturated rings. The van der Waals surface area contributed by atoms with Crippen molar-refractivity contribution >= 4 is 11.9 Å². The van der Waals surface area contributed by atoms with E-state index in [2.05, 4.69) is 10.3 Å². The van der Waals surface area contributed by atoms with Crippen molar-refractivity contribution in [3.05, 3.63) is 29.1 Å². The molecule has 3 aliphatic heterocycles. The Morgan fingerprint density at radius 1 is 1.21 bits per heavy atom. The molecular weight excluding hydrogens is 451 g/mol. The number of likely N-dealkylation sites (tertiary alicyclic amines) is 1. The van der Waals surface area contributed by atoms with E-state index in [1.54, 1.807) is 4.90 Å². The molecule has 1 aromatic heterocycles. The number of aromatic nitrogens is 1. The van der Waals surface area contributed by atoms with Gasteiger partial charge in [0.1, 0.15) is 0 Å². The van der Waals surface area contributed by atoms with Crippen LogP contribution in [-0.4, -0.2) is 71.7 Å². The largest absolute Gasteiger partial charge is 0.417 e. The van der Waals surface area contributed by atoms with Crippen LogP contribution in [-0.2, 0) is 28.7 Å². The van der Waals surface area contributed by atoms with Crippen LogP contribution in [0.1, 0.15) is 42.5 Å². The highest BCUT2D eigenvalue weighted by molar-refractivity contribution is 5.86. The number of halogens is 3. The summed E-state index contributed by atoms with van der Waals surface area (Å²) in [4.78, 5) is 33.1. The van der Waals surface area contributed by atoms with Gasteiger partial charge in [-0.2, -0.15) is 13.2 Å². The average molecular weight is 482 g/mol. The summed E-state index contributed by atoms with van der Waals surface area (Å²) >= 11 is 0. The number of nitrogens with two attached hydrogens (primary N) is 1. The van der Waals surface area contributed by atoms with Crippen LogP contribution >= 0.6 is 0 Å². The fourth-order valence-electron chi connectivity index (χ4n) is 6.26. The Bertz CT molecular complexity index is 968. The first-order chi connectivity index (χ1) is 16.2. The van der Waals surface area contributed by atoms with Crippen LogP contribution in [0.25, 0.3) is 0 Å². The highest BCUT2D eigenvalue weighted by Crippen LogP contribution is 2.50. The number of alkyl halides is 3. The summed E-state index contributed by atoms with van der Waals surface area (Å²) in [5, 5.41) is 3.69. The van der Waals surface area contributed by atoms with E-state index in [4.69, 9.17) is 10.5 Å². The standard InChI is InChI=1S/C23H30F3N5O3/c24-23(25,26)15-7-14-11-30(4-1-19(14)28-10-15)20(32)22-9-18(29-17-2-5-34-6-3-17)8-16(22)12-31(13-22)21(27)33/h7,10,16-18,29H,1-6,8-9,11-13H2,(H2,27,33). The Morgan fingerprint density at radius 2 is 1.97 bits per heavy atom. The van der Waals surface area contributed by atoms with Crippen LogP contribution in [0, 0.1) is 11.3 Å². The van der Waals surface area contributed by atoms with Gasteiger partial charge in [0, 0.05) is 69.8 Å². The highest BCUT2D eigenvalue weighted by atomic mass is 19.4. The molecule has 1 aromatic rings. The molecule has 0 bridgehead atoms. The van der Waals surface area contributed by atoms with Crippen molar-refractivity contribution < 1.29 is 27.5 Å². The van der Waals surface area contributed by atoms with Gasteiger partial charge in [0.2, 0.25) is 5.91 Å². The molecule has 5 rings (SSSR count). The summed E-state index contributed by atoms with van der Waals surface area (Å²) in [7, 11) is 0. The fraction of sp³-hybridized carbons (Fsp3) is 0.696. The molecule has 4 aliphatic rings. The van der Waals surface area contributed by atoms with Crippen molar-refractivity contribution in [1.82, 2.24) is 20.1 Å². The third kappa shape index (κ3) is 4.24. The number of fused-ring (bicyclic) bond motifs is 2. The SMILES string of the molecule is NC(=O)N1CC2CC(NC3CCOCC3)CC2(C(=O)N2CCc3ncc(C(F)(F)F)cc3C2)C1. The Labute approximate surface area is 196 Å². The van der Waals surface area contributed by atoms with Gasteiger partial charge < -0.3 is 25.6 Å². The first kappa shape index (κ1) is 23.3. The molecule has 3 unspecified atom stereocenters. The molecule has 3 atom stereocenters. The van der Waals surface area contributed by atoms with Gasteiger partial charge in [-0.3, -0.25) is 9.78 Å². The van der Waals surface area contributed by atoms with Crippen molar-refractivity contribution in [1.29, 1.82) is 0 Å². The predicted octanol–water partition coefficient (Wildman–Crippen LogP) is 1.91. The van der Waals surface area contributed by atoms with Gasteiger partial charge in [0.15, 0.2) is 0 Å². The number of nitrogens with zero attached hydrogens (tertiary/aromatic N) is 3. The molecule has 4 heterocycles. The third-order valence-corrected chi connectivity index (χ3v) is 7.96. The number of primary amides is 1. The first-order valence-electron chi connectivity index (χ1n) is 11.9. The molecule has 3 N–H and O–H groups in total. The number of ether oxygens (including phenoxy) is 1. The van der Waals surface area contributed by atoms with E-state index in [-0.39, 0.29) is 31.0 Å². The number of nitrogens with one attached hydrogen (secondary N) is 1. The van der Waals surface area contributed by atoms with Crippen molar-refractivity contribution in [2.24, 2.45) is 17.1 Å². The highest BCUT2D eigenvalue weighted by Gasteiger charge is 2.59. The Balaban J connectivity index is 1.36. The van der Waals surface area contributed by atoms with Gasteiger partial charge in [-0.05, 0) is 43.2 Å². The monoisotopic (exact) mass is 481 g/mol. The van der Waals surface area contributed by atoms with Crippen molar-refractivity contribution in [3.8, 4) is 0 Å². The van der Waals surface area contributed by atoms with Crippen molar-refractivity contribution in [2.75, 3.05) is 32.8 Å². The normalized spacial score (nSPS) is 29.7. The summed E-state index contributed by atoms with van der Waals surface area (Å²) in [6.07, 6.45) is -0.0293. The molecule has 186 valence electrons. The molecule has 0 aromatic carbocycles. The Hall–Kier alpha value is -2.40. The number of pyridine rings is 1. The van der Waals surface area contributed by atoms with Gasteiger partial charge in [0.25, 0.3) is 0 Å². The maximum absolute atomic E-state index is 14.0. The fourth-order valence-corrected chi connectivity index (χ4v) is 6.26. The predicted molar refractivity (Wildman–Crippen MR) is 115 cm³/mol. The second-order valence-electron chi connectivity index (χ2n) is 10.1. The zero-order valence-corrected chi connectivity index (χ0v) is 18.9. The molecule has 0 spiro atoms. The summed E-state index contributed by atoms with van der Waals surface area (Å²) in [5.41, 5.74) is 5.01. The first-order valence-corrected chi connectivity index (χ1v) is 11.9. The maximum Gasteiger partial charge on any atom is 0.417 e. The van der Waals surface area contributed by atoms with Crippen LogP contribution < -0.4 is 11.1 Å². The summed E-state index contributed by atoms with van der Waals surface area (Å²) in [6, 6.07) is 1.04. The number of carbonyl (C=O) groups is 2.